The van der Waals surface area contributed by atoms with Crippen LogP contribution in [0.3, 0.4) is 0 Å². The summed E-state index contributed by atoms with van der Waals surface area (Å²) in [4.78, 5) is 7.86. The van der Waals surface area contributed by atoms with Crippen molar-refractivity contribution in [2.75, 3.05) is 6.61 Å². The second-order valence-corrected chi connectivity index (χ2v) is 7.10. The second kappa shape index (κ2) is 6.06. The monoisotopic (exact) mass is 267 g/mol. The van der Waals surface area contributed by atoms with Gasteiger partial charge in [-0.05, 0) is 33.1 Å². The van der Waals surface area contributed by atoms with Crippen LogP contribution in [-0.4, -0.2) is 22.1 Å². The molecule has 1 rings (SSSR count). The Balaban J connectivity index is 2.76. The van der Waals surface area contributed by atoms with Gasteiger partial charge < -0.3 is 15.0 Å². The van der Waals surface area contributed by atoms with Crippen LogP contribution in [0.5, 0.6) is 0 Å². The van der Waals surface area contributed by atoms with E-state index in [2.05, 4.69) is 56.8 Å². The molecule has 1 atom stereocenters. The van der Waals surface area contributed by atoms with E-state index < -0.39 is 0 Å². The van der Waals surface area contributed by atoms with Crippen LogP contribution in [0.25, 0.3) is 0 Å². The molecule has 1 aromatic heterocycles. The Hall–Kier alpha value is -0.870. The Labute approximate surface area is 117 Å². The molecule has 0 aliphatic heterocycles. The summed E-state index contributed by atoms with van der Waals surface area (Å²) in [7, 11) is 0. The maximum absolute atomic E-state index is 5.84. The zero-order valence-electron chi connectivity index (χ0n) is 13.4. The molecular weight excluding hydrogens is 238 g/mol. The van der Waals surface area contributed by atoms with Crippen molar-refractivity contribution in [2.45, 2.75) is 66.7 Å². The summed E-state index contributed by atoms with van der Waals surface area (Å²) in [6.45, 7) is 16.5. The number of rotatable bonds is 5. The number of hydrogen-bond acceptors (Lipinski definition) is 3. The molecule has 1 unspecified atom stereocenters. The van der Waals surface area contributed by atoms with E-state index in [1.165, 1.54) is 0 Å². The third kappa shape index (κ3) is 5.33. The smallest absolute Gasteiger partial charge is 0.136 e. The van der Waals surface area contributed by atoms with Crippen LogP contribution in [0.1, 0.15) is 66.1 Å². The minimum atomic E-state index is 0.000821. The molecule has 0 saturated heterocycles. The number of imidazole rings is 1. The van der Waals surface area contributed by atoms with Gasteiger partial charge in [0.1, 0.15) is 11.9 Å². The third-order valence-electron chi connectivity index (χ3n) is 2.83. The van der Waals surface area contributed by atoms with Crippen LogP contribution in [0.2, 0.25) is 0 Å². The van der Waals surface area contributed by atoms with Crippen molar-refractivity contribution in [3.63, 3.8) is 0 Å². The summed E-state index contributed by atoms with van der Waals surface area (Å²) in [6, 6.07) is 0. The van der Waals surface area contributed by atoms with E-state index in [0.29, 0.717) is 6.61 Å². The minimum absolute atomic E-state index is 0.000821. The van der Waals surface area contributed by atoms with Crippen LogP contribution in [0, 0.1) is 5.41 Å². The summed E-state index contributed by atoms with van der Waals surface area (Å²) in [5.41, 5.74) is 1.23. The summed E-state index contributed by atoms with van der Waals surface area (Å²) in [5, 5.41) is 3.45. The lowest BCUT2D eigenvalue weighted by Gasteiger charge is -2.28. The van der Waals surface area contributed by atoms with Crippen molar-refractivity contribution in [1.29, 1.82) is 0 Å². The summed E-state index contributed by atoms with van der Waals surface area (Å²) in [6.07, 6.45) is 1.90. The lowest BCUT2D eigenvalue weighted by Crippen LogP contribution is -2.35. The first-order valence-corrected chi connectivity index (χ1v) is 7.04. The Bertz CT molecular complexity index is 385. The zero-order valence-corrected chi connectivity index (χ0v) is 13.4. The van der Waals surface area contributed by atoms with E-state index >= 15 is 0 Å². The maximum Gasteiger partial charge on any atom is 0.136 e. The largest absolute Gasteiger partial charge is 0.370 e. The van der Waals surface area contributed by atoms with Crippen LogP contribution < -0.4 is 5.32 Å². The van der Waals surface area contributed by atoms with Crippen molar-refractivity contribution in [3.05, 3.63) is 17.7 Å². The van der Waals surface area contributed by atoms with Gasteiger partial charge in [-0.25, -0.2) is 4.98 Å². The first-order chi connectivity index (χ1) is 8.63. The lowest BCUT2D eigenvalue weighted by molar-refractivity contribution is -0.0186. The van der Waals surface area contributed by atoms with Gasteiger partial charge in [0.25, 0.3) is 0 Å². The lowest BCUT2D eigenvalue weighted by atomic mass is 9.88. The van der Waals surface area contributed by atoms with E-state index in [4.69, 9.17) is 4.74 Å². The fourth-order valence-electron chi connectivity index (χ4n) is 1.87. The highest BCUT2D eigenvalue weighted by molar-refractivity contribution is 5.06. The second-order valence-electron chi connectivity index (χ2n) is 7.10. The first kappa shape index (κ1) is 16.2. The third-order valence-corrected chi connectivity index (χ3v) is 2.83. The molecule has 0 fully saturated rings. The molecule has 0 aliphatic carbocycles. The number of aromatic amines is 1. The molecular formula is C15H29N3O. The van der Waals surface area contributed by atoms with E-state index in [-0.39, 0.29) is 17.1 Å². The molecule has 0 aliphatic rings. The van der Waals surface area contributed by atoms with Gasteiger partial charge in [0.2, 0.25) is 0 Å². The fraction of sp³-hybridized carbons (Fsp3) is 0.800. The topological polar surface area (TPSA) is 49.9 Å². The molecule has 0 aromatic carbocycles. The molecule has 0 bridgehead atoms. The predicted octanol–water partition coefficient (Wildman–Crippen LogP) is 3.42. The number of hydrogen-bond donors (Lipinski definition) is 2. The molecule has 2 N–H and O–H groups in total. The average molecular weight is 267 g/mol. The van der Waals surface area contributed by atoms with Gasteiger partial charge in [0.05, 0.1) is 0 Å². The van der Waals surface area contributed by atoms with Crippen molar-refractivity contribution in [3.8, 4) is 0 Å². The minimum Gasteiger partial charge on any atom is -0.370 e. The summed E-state index contributed by atoms with van der Waals surface area (Å²) in [5.74, 6) is 0.917. The highest BCUT2D eigenvalue weighted by Crippen LogP contribution is 2.34. The molecule has 0 amide bonds. The molecule has 0 radical (unpaired) electrons. The molecule has 4 heteroatoms. The normalized spacial score (nSPS) is 14.7. The predicted molar refractivity (Wildman–Crippen MR) is 79.0 cm³/mol. The molecule has 1 heterocycles. The standard InChI is InChI=1S/C15H29N3O/c1-8-19-12(14(2,3)4)13-16-9-11(18-13)10-17-15(5,6)7/h9,12,17H,8,10H2,1-7H3,(H,16,18). The van der Waals surface area contributed by atoms with E-state index in [9.17, 15) is 0 Å². The SMILES string of the molecule is CCOC(c1ncc(CNC(C)(C)C)[nH]1)C(C)(C)C. The average Bonchev–Trinajstić information content (AvgIpc) is 2.68. The van der Waals surface area contributed by atoms with Crippen LogP contribution in [0.15, 0.2) is 6.20 Å². The molecule has 19 heavy (non-hydrogen) atoms. The number of nitrogens with zero attached hydrogens (tertiary/aromatic N) is 1. The summed E-state index contributed by atoms with van der Waals surface area (Å²) < 4.78 is 5.84. The van der Waals surface area contributed by atoms with E-state index in [1.807, 2.05) is 13.1 Å². The summed E-state index contributed by atoms with van der Waals surface area (Å²) >= 11 is 0. The Morgan fingerprint density at radius 1 is 1.26 bits per heavy atom. The van der Waals surface area contributed by atoms with Crippen molar-refractivity contribution < 1.29 is 4.74 Å². The van der Waals surface area contributed by atoms with Gasteiger partial charge in [0, 0.05) is 30.6 Å². The van der Waals surface area contributed by atoms with Gasteiger partial charge in [-0.2, -0.15) is 0 Å². The number of ether oxygens (including phenoxy) is 1. The number of nitrogens with one attached hydrogen (secondary N) is 2. The van der Waals surface area contributed by atoms with Gasteiger partial charge in [0.15, 0.2) is 0 Å². The molecule has 4 nitrogen and oxygen atoms in total. The Morgan fingerprint density at radius 3 is 2.37 bits per heavy atom. The molecule has 110 valence electrons. The zero-order chi connectivity index (χ0) is 14.7. The van der Waals surface area contributed by atoms with Gasteiger partial charge in [-0.3, -0.25) is 0 Å². The van der Waals surface area contributed by atoms with E-state index in [0.717, 1.165) is 18.1 Å². The molecule has 1 aromatic rings. The highest BCUT2D eigenvalue weighted by Gasteiger charge is 2.29. The van der Waals surface area contributed by atoms with Crippen LogP contribution >= 0.6 is 0 Å². The van der Waals surface area contributed by atoms with Gasteiger partial charge >= 0.3 is 0 Å². The van der Waals surface area contributed by atoms with Crippen molar-refractivity contribution >= 4 is 0 Å². The number of H-pyrrole nitrogens is 1. The molecule has 0 spiro atoms. The Morgan fingerprint density at radius 2 is 1.89 bits per heavy atom. The molecule has 0 saturated carbocycles. The quantitative estimate of drug-likeness (QED) is 0.859. The van der Waals surface area contributed by atoms with Crippen LogP contribution in [0.4, 0.5) is 0 Å². The first-order valence-electron chi connectivity index (χ1n) is 7.04. The van der Waals surface area contributed by atoms with Gasteiger partial charge in [-0.15, -0.1) is 0 Å². The van der Waals surface area contributed by atoms with Crippen LogP contribution in [-0.2, 0) is 11.3 Å². The highest BCUT2D eigenvalue weighted by atomic mass is 16.5. The number of aromatic nitrogens is 2. The fourth-order valence-corrected chi connectivity index (χ4v) is 1.87. The maximum atomic E-state index is 5.84. The van der Waals surface area contributed by atoms with Crippen molar-refractivity contribution in [2.24, 2.45) is 5.41 Å². The van der Waals surface area contributed by atoms with E-state index in [1.54, 1.807) is 0 Å². The Kier molecular flexibility index (Phi) is 5.16. The van der Waals surface area contributed by atoms with Crippen molar-refractivity contribution in [1.82, 2.24) is 15.3 Å². The van der Waals surface area contributed by atoms with Gasteiger partial charge in [-0.1, -0.05) is 20.8 Å².